The molecule has 1 aromatic rings. The van der Waals surface area contributed by atoms with E-state index < -0.39 is 0 Å². The number of nitrogens with one attached hydrogen (secondary N) is 2. The zero-order chi connectivity index (χ0) is 13.5. The van der Waals surface area contributed by atoms with Gasteiger partial charge >= 0.3 is 0 Å². The van der Waals surface area contributed by atoms with Crippen molar-refractivity contribution in [3.63, 3.8) is 0 Å². The summed E-state index contributed by atoms with van der Waals surface area (Å²) in [7, 11) is 1.60. The van der Waals surface area contributed by atoms with Crippen LogP contribution in [0.3, 0.4) is 0 Å². The average molecular weight is 250 g/mol. The molecule has 18 heavy (non-hydrogen) atoms. The van der Waals surface area contributed by atoms with Crippen LogP contribution in [-0.2, 0) is 4.79 Å². The number of hydrogen-bond acceptors (Lipinski definition) is 3. The molecule has 0 atom stereocenters. The molecule has 4 nitrogen and oxygen atoms in total. The summed E-state index contributed by atoms with van der Waals surface area (Å²) in [6.07, 6.45) is 0. The van der Waals surface area contributed by atoms with Gasteiger partial charge in [0.15, 0.2) is 0 Å². The second-order valence-electron chi connectivity index (χ2n) is 4.44. The van der Waals surface area contributed by atoms with Gasteiger partial charge in [-0.15, -0.1) is 0 Å². The van der Waals surface area contributed by atoms with Crippen molar-refractivity contribution in [1.29, 1.82) is 0 Å². The Morgan fingerprint density at radius 2 is 2.11 bits per heavy atom. The molecular formula is C14H22N2O2. The quantitative estimate of drug-likeness (QED) is 0.815. The molecule has 0 fully saturated rings. The Kier molecular flexibility index (Phi) is 5.65. The van der Waals surface area contributed by atoms with Crippen LogP contribution in [0.4, 0.5) is 5.69 Å². The zero-order valence-corrected chi connectivity index (χ0v) is 11.5. The van der Waals surface area contributed by atoms with Crippen molar-refractivity contribution >= 4 is 11.6 Å². The molecule has 0 unspecified atom stereocenters. The summed E-state index contributed by atoms with van der Waals surface area (Å²) >= 11 is 0. The molecular weight excluding hydrogens is 228 g/mol. The summed E-state index contributed by atoms with van der Waals surface area (Å²) in [5.74, 6) is 1.04. The predicted molar refractivity (Wildman–Crippen MR) is 74.3 cm³/mol. The van der Waals surface area contributed by atoms with E-state index in [1.165, 1.54) is 5.56 Å². The number of carbonyl (C=O) groups is 1. The monoisotopic (exact) mass is 250 g/mol. The first-order valence-corrected chi connectivity index (χ1v) is 6.27. The highest BCUT2D eigenvalue weighted by Crippen LogP contribution is 2.28. The summed E-state index contributed by atoms with van der Waals surface area (Å²) in [6.45, 7) is 7.29. The van der Waals surface area contributed by atoms with Crippen LogP contribution in [0, 0.1) is 0 Å². The third-order valence-corrected chi connectivity index (χ3v) is 2.70. The first kappa shape index (κ1) is 14.5. The van der Waals surface area contributed by atoms with Crippen LogP contribution < -0.4 is 15.4 Å². The zero-order valence-electron chi connectivity index (χ0n) is 11.5. The highest BCUT2D eigenvalue weighted by molar-refractivity contribution is 5.93. The molecule has 0 saturated heterocycles. The number of amides is 1. The van der Waals surface area contributed by atoms with Crippen LogP contribution in [0.25, 0.3) is 0 Å². The number of carbonyl (C=O) groups excluding carboxylic acids is 1. The number of anilines is 1. The number of ether oxygens (including phenoxy) is 1. The Hall–Kier alpha value is -1.55. The van der Waals surface area contributed by atoms with Crippen LogP contribution in [0.1, 0.15) is 32.3 Å². The minimum absolute atomic E-state index is 0.0592. The van der Waals surface area contributed by atoms with E-state index >= 15 is 0 Å². The fourth-order valence-corrected chi connectivity index (χ4v) is 1.62. The van der Waals surface area contributed by atoms with E-state index in [-0.39, 0.29) is 5.91 Å². The number of likely N-dealkylation sites (N-methyl/N-ethyl adjacent to an activating group) is 1. The van der Waals surface area contributed by atoms with Gasteiger partial charge in [0.05, 0.1) is 19.3 Å². The van der Waals surface area contributed by atoms with Gasteiger partial charge in [-0.05, 0) is 30.2 Å². The van der Waals surface area contributed by atoms with E-state index in [0.29, 0.717) is 18.2 Å². The summed E-state index contributed by atoms with van der Waals surface area (Å²) in [6, 6.07) is 5.87. The fraction of sp³-hybridized carbons (Fsp3) is 0.500. The Balaban J connectivity index is 2.84. The van der Waals surface area contributed by atoms with Gasteiger partial charge < -0.3 is 15.4 Å². The van der Waals surface area contributed by atoms with Crippen molar-refractivity contribution in [1.82, 2.24) is 5.32 Å². The van der Waals surface area contributed by atoms with Crippen molar-refractivity contribution in [2.75, 3.05) is 25.5 Å². The van der Waals surface area contributed by atoms with Gasteiger partial charge in [-0.2, -0.15) is 0 Å². The third kappa shape index (κ3) is 4.04. The molecule has 0 aliphatic carbocycles. The fourth-order valence-electron chi connectivity index (χ4n) is 1.62. The van der Waals surface area contributed by atoms with Gasteiger partial charge in [0.25, 0.3) is 0 Å². The maximum atomic E-state index is 11.7. The molecule has 2 N–H and O–H groups in total. The second kappa shape index (κ2) is 7.01. The maximum Gasteiger partial charge on any atom is 0.238 e. The van der Waals surface area contributed by atoms with E-state index in [2.05, 4.69) is 24.5 Å². The maximum absolute atomic E-state index is 11.7. The smallest absolute Gasteiger partial charge is 0.238 e. The number of hydrogen-bond donors (Lipinski definition) is 2. The van der Waals surface area contributed by atoms with Crippen molar-refractivity contribution in [3.8, 4) is 5.75 Å². The molecule has 0 radical (unpaired) electrons. The van der Waals surface area contributed by atoms with E-state index in [9.17, 15) is 4.79 Å². The normalized spacial score (nSPS) is 10.5. The number of benzene rings is 1. The van der Waals surface area contributed by atoms with E-state index in [4.69, 9.17) is 4.74 Å². The largest absolute Gasteiger partial charge is 0.495 e. The molecule has 0 aliphatic rings. The predicted octanol–water partition coefficient (Wildman–Crippen LogP) is 2.37. The molecule has 1 amide bonds. The Labute approximate surface area is 109 Å². The van der Waals surface area contributed by atoms with E-state index in [1.807, 2.05) is 25.1 Å². The molecule has 0 bridgehead atoms. The number of methoxy groups -OCH3 is 1. The van der Waals surface area contributed by atoms with E-state index in [1.54, 1.807) is 7.11 Å². The van der Waals surface area contributed by atoms with Gasteiger partial charge in [-0.1, -0.05) is 26.8 Å². The average Bonchev–Trinajstić information content (AvgIpc) is 2.36. The summed E-state index contributed by atoms with van der Waals surface area (Å²) in [4.78, 5) is 11.7. The topological polar surface area (TPSA) is 50.4 Å². The highest BCUT2D eigenvalue weighted by atomic mass is 16.5. The lowest BCUT2D eigenvalue weighted by Crippen LogP contribution is -2.27. The second-order valence-corrected chi connectivity index (χ2v) is 4.44. The molecule has 0 aromatic heterocycles. The minimum atomic E-state index is -0.0592. The third-order valence-electron chi connectivity index (χ3n) is 2.70. The van der Waals surface area contributed by atoms with Crippen molar-refractivity contribution in [2.45, 2.75) is 26.7 Å². The first-order valence-electron chi connectivity index (χ1n) is 6.27. The van der Waals surface area contributed by atoms with Crippen LogP contribution in [0.5, 0.6) is 5.75 Å². The standard InChI is InChI=1S/C14H22N2O2/c1-5-15-9-14(17)16-12-8-11(10(2)3)6-7-13(12)18-4/h6-8,10,15H,5,9H2,1-4H3,(H,16,17). The van der Waals surface area contributed by atoms with Crippen molar-refractivity contribution < 1.29 is 9.53 Å². The Morgan fingerprint density at radius 1 is 1.39 bits per heavy atom. The summed E-state index contributed by atoms with van der Waals surface area (Å²) < 4.78 is 5.25. The van der Waals surface area contributed by atoms with Crippen LogP contribution in [-0.4, -0.2) is 26.1 Å². The molecule has 0 aliphatic heterocycles. The Morgan fingerprint density at radius 3 is 2.67 bits per heavy atom. The summed E-state index contributed by atoms with van der Waals surface area (Å²) in [5.41, 5.74) is 1.90. The lowest BCUT2D eigenvalue weighted by Gasteiger charge is -2.13. The first-order chi connectivity index (χ1) is 8.58. The van der Waals surface area contributed by atoms with Gasteiger partial charge in [-0.25, -0.2) is 0 Å². The molecule has 100 valence electrons. The van der Waals surface area contributed by atoms with E-state index in [0.717, 1.165) is 12.2 Å². The molecule has 0 spiro atoms. The molecule has 4 heteroatoms. The van der Waals surface area contributed by atoms with Gasteiger partial charge in [0, 0.05) is 0 Å². The van der Waals surface area contributed by atoms with Crippen LogP contribution in [0.2, 0.25) is 0 Å². The number of rotatable bonds is 6. The molecule has 0 saturated carbocycles. The van der Waals surface area contributed by atoms with Gasteiger partial charge in [0.1, 0.15) is 5.75 Å². The lowest BCUT2D eigenvalue weighted by atomic mass is 10.0. The van der Waals surface area contributed by atoms with Gasteiger partial charge in [-0.3, -0.25) is 4.79 Å². The van der Waals surface area contributed by atoms with Crippen molar-refractivity contribution in [3.05, 3.63) is 23.8 Å². The van der Waals surface area contributed by atoms with Gasteiger partial charge in [0.2, 0.25) is 5.91 Å². The van der Waals surface area contributed by atoms with Crippen LogP contribution >= 0.6 is 0 Å². The minimum Gasteiger partial charge on any atom is -0.495 e. The Bertz CT molecular complexity index is 403. The summed E-state index contributed by atoms with van der Waals surface area (Å²) in [5, 5.41) is 5.86. The molecule has 1 aromatic carbocycles. The molecule has 0 heterocycles. The molecule has 1 rings (SSSR count). The lowest BCUT2D eigenvalue weighted by molar-refractivity contribution is -0.115. The highest BCUT2D eigenvalue weighted by Gasteiger charge is 2.09. The SMILES string of the molecule is CCNCC(=O)Nc1cc(C(C)C)ccc1OC. The van der Waals surface area contributed by atoms with Crippen LogP contribution in [0.15, 0.2) is 18.2 Å². The van der Waals surface area contributed by atoms with Crippen molar-refractivity contribution in [2.24, 2.45) is 0 Å².